The summed E-state index contributed by atoms with van der Waals surface area (Å²) in [6.45, 7) is 7.28. The van der Waals surface area contributed by atoms with Crippen molar-refractivity contribution in [2.75, 3.05) is 0 Å². The van der Waals surface area contributed by atoms with Gasteiger partial charge < -0.3 is 0 Å². The molecule has 0 radical (unpaired) electrons. The van der Waals surface area contributed by atoms with E-state index in [1.54, 1.807) is 0 Å². The molecule has 0 aliphatic heterocycles. The van der Waals surface area contributed by atoms with Crippen LogP contribution >= 0.6 is 0 Å². The van der Waals surface area contributed by atoms with E-state index >= 15 is 0 Å². The van der Waals surface area contributed by atoms with Crippen LogP contribution in [-0.4, -0.2) is 0 Å². The first-order valence-corrected chi connectivity index (χ1v) is 17.1. The molecule has 1 nitrogen and oxygen atoms in total. The molecular formula is C35H69N. The van der Waals surface area contributed by atoms with Crippen molar-refractivity contribution in [3.8, 4) is 6.07 Å². The maximum absolute atomic E-state index is 8.53. The first-order chi connectivity index (χ1) is 17.7. The van der Waals surface area contributed by atoms with Crippen molar-refractivity contribution in [3.05, 3.63) is 0 Å². The first kappa shape index (κ1) is 35.5. The summed E-state index contributed by atoms with van der Waals surface area (Å²) >= 11 is 0. The van der Waals surface area contributed by atoms with Gasteiger partial charge in [0.1, 0.15) is 0 Å². The second-order valence-corrected chi connectivity index (χ2v) is 12.4. The predicted molar refractivity (Wildman–Crippen MR) is 164 cm³/mol. The number of hydrogen-bond acceptors (Lipinski definition) is 1. The summed E-state index contributed by atoms with van der Waals surface area (Å²) in [5, 5.41) is 8.53. The summed E-state index contributed by atoms with van der Waals surface area (Å²) in [5.74, 6) is 1.90. The highest BCUT2D eigenvalue weighted by Crippen LogP contribution is 2.22. The van der Waals surface area contributed by atoms with E-state index in [1.165, 1.54) is 173 Å². The third kappa shape index (κ3) is 29.7. The number of nitriles is 1. The Morgan fingerprint density at radius 2 is 0.667 bits per heavy atom. The van der Waals surface area contributed by atoms with Crippen molar-refractivity contribution in [1.82, 2.24) is 0 Å². The van der Waals surface area contributed by atoms with Gasteiger partial charge in [0, 0.05) is 6.42 Å². The maximum atomic E-state index is 8.53. The number of unbranched alkanes of at least 4 members (excludes halogenated alkanes) is 22. The molecular weight excluding hydrogens is 434 g/mol. The van der Waals surface area contributed by atoms with Crippen LogP contribution in [0.1, 0.15) is 207 Å². The van der Waals surface area contributed by atoms with Gasteiger partial charge >= 0.3 is 0 Å². The molecule has 0 saturated carbocycles. The topological polar surface area (TPSA) is 23.8 Å². The molecule has 0 N–H and O–H groups in total. The van der Waals surface area contributed by atoms with E-state index < -0.39 is 0 Å². The predicted octanol–water partition coefficient (Wildman–Crippen LogP) is 13.1. The minimum atomic E-state index is 0.748. The number of nitrogens with zero attached hydrogens (tertiary/aromatic N) is 1. The minimum absolute atomic E-state index is 0.748. The Kier molecular flexibility index (Phi) is 30.3. The summed E-state index contributed by atoms with van der Waals surface area (Å²) in [4.78, 5) is 0. The van der Waals surface area contributed by atoms with Crippen LogP contribution in [0.3, 0.4) is 0 Å². The molecule has 0 spiro atoms. The fourth-order valence-corrected chi connectivity index (χ4v) is 5.73. The van der Waals surface area contributed by atoms with Crippen LogP contribution in [0.2, 0.25) is 0 Å². The van der Waals surface area contributed by atoms with Gasteiger partial charge in [-0.2, -0.15) is 5.26 Å². The largest absolute Gasteiger partial charge is 0.198 e. The zero-order valence-corrected chi connectivity index (χ0v) is 25.6. The highest BCUT2D eigenvalue weighted by molar-refractivity contribution is 4.67. The standard InChI is InChI=1S/C35H69N/c1-4-5-6-25-29-34(2)31-28-32-35(3)30-26-23-21-19-17-15-13-11-9-7-8-10-12-14-16-18-20-22-24-27-33-36/h34-35H,4-32H2,1-3H3. The van der Waals surface area contributed by atoms with Crippen molar-refractivity contribution >= 4 is 0 Å². The molecule has 0 aliphatic rings. The Labute approximate surface area is 230 Å². The van der Waals surface area contributed by atoms with Gasteiger partial charge in [-0.15, -0.1) is 0 Å². The summed E-state index contributed by atoms with van der Waals surface area (Å²) in [6.07, 6.45) is 40.7. The van der Waals surface area contributed by atoms with E-state index in [1.807, 2.05) is 0 Å². The normalized spacial score (nSPS) is 13.1. The van der Waals surface area contributed by atoms with Crippen LogP contribution < -0.4 is 0 Å². The van der Waals surface area contributed by atoms with Gasteiger partial charge in [-0.3, -0.25) is 0 Å². The second kappa shape index (κ2) is 30.7. The lowest BCUT2D eigenvalue weighted by Gasteiger charge is -2.14. The molecule has 0 aromatic carbocycles. The Bertz CT molecular complexity index is 436. The lowest BCUT2D eigenvalue weighted by atomic mass is 9.92. The van der Waals surface area contributed by atoms with Crippen LogP contribution in [0.25, 0.3) is 0 Å². The van der Waals surface area contributed by atoms with E-state index in [0.717, 1.165) is 24.7 Å². The summed E-state index contributed by atoms with van der Waals surface area (Å²) < 4.78 is 0. The molecule has 2 unspecified atom stereocenters. The summed E-state index contributed by atoms with van der Waals surface area (Å²) in [6, 6.07) is 2.24. The van der Waals surface area contributed by atoms with Crippen molar-refractivity contribution in [1.29, 1.82) is 5.26 Å². The monoisotopic (exact) mass is 504 g/mol. The zero-order chi connectivity index (χ0) is 26.4. The van der Waals surface area contributed by atoms with Gasteiger partial charge in [-0.05, 0) is 18.3 Å². The van der Waals surface area contributed by atoms with Crippen LogP contribution in [0.4, 0.5) is 0 Å². The molecule has 36 heavy (non-hydrogen) atoms. The van der Waals surface area contributed by atoms with Gasteiger partial charge in [-0.1, -0.05) is 194 Å². The van der Waals surface area contributed by atoms with Crippen molar-refractivity contribution in [2.45, 2.75) is 207 Å². The molecule has 214 valence electrons. The zero-order valence-electron chi connectivity index (χ0n) is 25.6. The van der Waals surface area contributed by atoms with Crippen molar-refractivity contribution in [2.24, 2.45) is 11.8 Å². The molecule has 2 atom stereocenters. The number of hydrogen-bond donors (Lipinski definition) is 0. The second-order valence-electron chi connectivity index (χ2n) is 12.4. The third-order valence-corrected chi connectivity index (χ3v) is 8.43. The number of rotatable bonds is 30. The molecule has 0 amide bonds. The maximum Gasteiger partial charge on any atom is 0.0621 e. The highest BCUT2D eigenvalue weighted by Gasteiger charge is 2.06. The van der Waals surface area contributed by atoms with Crippen molar-refractivity contribution in [3.63, 3.8) is 0 Å². The van der Waals surface area contributed by atoms with Crippen LogP contribution in [0.5, 0.6) is 0 Å². The molecule has 0 aliphatic carbocycles. The van der Waals surface area contributed by atoms with E-state index in [9.17, 15) is 0 Å². The molecule has 0 aromatic heterocycles. The first-order valence-electron chi connectivity index (χ1n) is 17.1. The van der Waals surface area contributed by atoms with E-state index in [-0.39, 0.29) is 0 Å². The SMILES string of the molecule is CCCCCCC(C)CCCC(C)CCCCCCCCCCCCCCCCCCCCCC#N. The summed E-state index contributed by atoms with van der Waals surface area (Å²) in [7, 11) is 0. The molecule has 0 heterocycles. The molecule has 0 fully saturated rings. The smallest absolute Gasteiger partial charge is 0.0621 e. The molecule has 0 saturated heterocycles. The molecule has 0 bridgehead atoms. The lowest BCUT2D eigenvalue weighted by molar-refractivity contribution is 0.391. The average Bonchev–Trinajstić information content (AvgIpc) is 2.87. The summed E-state index contributed by atoms with van der Waals surface area (Å²) in [5.41, 5.74) is 0. The Hall–Kier alpha value is -0.510. The van der Waals surface area contributed by atoms with Gasteiger partial charge in [0.05, 0.1) is 6.07 Å². The fourth-order valence-electron chi connectivity index (χ4n) is 5.73. The Morgan fingerprint density at radius 1 is 0.389 bits per heavy atom. The van der Waals surface area contributed by atoms with Gasteiger partial charge in [-0.25, -0.2) is 0 Å². The van der Waals surface area contributed by atoms with Crippen LogP contribution in [0.15, 0.2) is 0 Å². The van der Waals surface area contributed by atoms with E-state index in [4.69, 9.17) is 5.26 Å². The highest BCUT2D eigenvalue weighted by atomic mass is 14.2. The molecule has 0 aromatic rings. The van der Waals surface area contributed by atoms with Crippen LogP contribution in [-0.2, 0) is 0 Å². The Balaban J connectivity index is 3.18. The van der Waals surface area contributed by atoms with Crippen molar-refractivity contribution < 1.29 is 0 Å². The fraction of sp³-hybridized carbons (Fsp3) is 0.971. The molecule has 0 rings (SSSR count). The molecule has 1 heteroatoms. The van der Waals surface area contributed by atoms with E-state index in [2.05, 4.69) is 26.8 Å². The minimum Gasteiger partial charge on any atom is -0.198 e. The van der Waals surface area contributed by atoms with Crippen LogP contribution in [0, 0.1) is 23.2 Å². The average molecular weight is 504 g/mol. The van der Waals surface area contributed by atoms with E-state index in [0.29, 0.717) is 0 Å². The quantitative estimate of drug-likeness (QED) is 0.0894. The Morgan fingerprint density at radius 3 is 1.00 bits per heavy atom. The van der Waals surface area contributed by atoms with Gasteiger partial charge in [0.2, 0.25) is 0 Å². The third-order valence-electron chi connectivity index (χ3n) is 8.43. The van der Waals surface area contributed by atoms with Gasteiger partial charge in [0.15, 0.2) is 0 Å². The van der Waals surface area contributed by atoms with Gasteiger partial charge in [0.25, 0.3) is 0 Å². The lowest BCUT2D eigenvalue weighted by Crippen LogP contribution is -1.99.